The Kier molecular flexibility index (Phi) is 5.26. The number of anilines is 1. The highest BCUT2D eigenvalue weighted by molar-refractivity contribution is 5.87. The number of nitrogens with zero attached hydrogens (tertiary/aromatic N) is 2. The summed E-state index contributed by atoms with van der Waals surface area (Å²) in [6.07, 6.45) is 4.33. The first kappa shape index (κ1) is 15.9. The van der Waals surface area contributed by atoms with Gasteiger partial charge in [-0.2, -0.15) is 0 Å². The van der Waals surface area contributed by atoms with Gasteiger partial charge in [-0.3, -0.25) is 4.98 Å². The summed E-state index contributed by atoms with van der Waals surface area (Å²) < 4.78 is 5.36. The van der Waals surface area contributed by atoms with Crippen molar-refractivity contribution in [2.45, 2.75) is 18.9 Å². The number of pyridine rings is 1. The molecule has 0 unspecified atom stereocenters. The summed E-state index contributed by atoms with van der Waals surface area (Å²) in [7, 11) is 3.85. The van der Waals surface area contributed by atoms with E-state index in [-0.39, 0.29) is 12.4 Å². The van der Waals surface area contributed by atoms with E-state index >= 15 is 0 Å². The van der Waals surface area contributed by atoms with Crippen LogP contribution in [-0.2, 0) is 0 Å². The van der Waals surface area contributed by atoms with Crippen LogP contribution in [0.4, 0.5) is 5.69 Å². The minimum absolute atomic E-state index is 0. The van der Waals surface area contributed by atoms with Crippen molar-refractivity contribution in [2.75, 3.05) is 32.1 Å². The highest BCUT2D eigenvalue weighted by atomic mass is 35.5. The molecule has 0 aliphatic carbocycles. The Bertz CT molecular complexity index is 599. The Balaban J connectivity index is 0.00000161. The van der Waals surface area contributed by atoms with Crippen molar-refractivity contribution in [1.29, 1.82) is 0 Å². The van der Waals surface area contributed by atoms with Gasteiger partial charge in [0.25, 0.3) is 0 Å². The van der Waals surface area contributed by atoms with E-state index in [1.54, 1.807) is 7.11 Å². The SMILES string of the molecule is COc1cccc2cc(N(C)C3CCNCC3)cnc12.Cl. The third kappa shape index (κ3) is 3.22. The Morgan fingerprint density at radius 1 is 1.29 bits per heavy atom. The zero-order chi connectivity index (χ0) is 13.9. The molecule has 1 aromatic carbocycles. The monoisotopic (exact) mass is 307 g/mol. The number of halogens is 1. The van der Waals surface area contributed by atoms with E-state index in [0.717, 1.165) is 29.7 Å². The summed E-state index contributed by atoms with van der Waals surface area (Å²) in [5.74, 6) is 0.832. The second-order valence-electron chi connectivity index (χ2n) is 5.32. The van der Waals surface area contributed by atoms with Crippen LogP contribution in [0.5, 0.6) is 5.75 Å². The van der Waals surface area contributed by atoms with Gasteiger partial charge < -0.3 is 15.0 Å². The van der Waals surface area contributed by atoms with Gasteiger partial charge in [0.1, 0.15) is 11.3 Å². The fourth-order valence-electron chi connectivity index (χ4n) is 2.88. The fraction of sp³-hybridized carbons (Fsp3) is 0.438. The van der Waals surface area contributed by atoms with Crippen molar-refractivity contribution in [2.24, 2.45) is 0 Å². The number of hydrogen-bond acceptors (Lipinski definition) is 4. The molecule has 5 heteroatoms. The second-order valence-corrected chi connectivity index (χ2v) is 5.32. The quantitative estimate of drug-likeness (QED) is 0.946. The number of piperidine rings is 1. The van der Waals surface area contributed by atoms with Crippen LogP contribution in [0.2, 0.25) is 0 Å². The molecule has 4 nitrogen and oxygen atoms in total. The van der Waals surface area contributed by atoms with Gasteiger partial charge in [0, 0.05) is 18.5 Å². The highest BCUT2D eigenvalue weighted by Crippen LogP contribution is 2.27. The van der Waals surface area contributed by atoms with E-state index in [9.17, 15) is 0 Å². The summed E-state index contributed by atoms with van der Waals surface area (Å²) in [6, 6.07) is 8.85. The molecule has 0 spiro atoms. The standard InChI is InChI=1S/C16H21N3O.ClH/c1-19(13-6-8-17-9-7-13)14-10-12-4-3-5-15(20-2)16(12)18-11-14;/h3-5,10-11,13,17H,6-9H2,1-2H3;1H. The van der Waals surface area contributed by atoms with Crippen LogP contribution in [0.15, 0.2) is 30.5 Å². The van der Waals surface area contributed by atoms with E-state index in [2.05, 4.69) is 34.4 Å². The molecule has 0 bridgehead atoms. The van der Waals surface area contributed by atoms with Crippen LogP contribution < -0.4 is 15.0 Å². The van der Waals surface area contributed by atoms with Gasteiger partial charge in [-0.15, -0.1) is 12.4 Å². The van der Waals surface area contributed by atoms with Gasteiger partial charge >= 0.3 is 0 Å². The molecule has 2 heterocycles. The molecule has 2 aromatic rings. The average molecular weight is 308 g/mol. The molecule has 0 radical (unpaired) electrons. The number of aromatic nitrogens is 1. The van der Waals surface area contributed by atoms with E-state index in [1.165, 1.54) is 18.5 Å². The second kappa shape index (κ2) is 6.96. The number of methoxy groups -OCH3 is 1. The summed E-state index contributed by atoms with van der Waals surface area (Å²) in [4.78, 5) is 6.94. The van der Waals surface area contributed by atoms with Crippen LogP contribution in [0.25, 0.3) is 10.9 Å². The molecule has 0 amide bonds. The van der Waals surface area contributed by atoms with Gasteiger partial charge in [0.05, 0.1) is 19.0 Å². The number of para-hydroxylation sites is 1. The maximum absolute atomic E-state index is 5.36. The molecule has 1 aromatic heterocycles. The van der Waals surface area contributed by atoms with Crippen molar-refractivity contribution in [3.05, 3.63) is 30.5 Å². The maximum atomic E-state index is 5.36. The molecule has 1 fully saturated rings. The first-order chi connectivity index (χ1) is 9.79. The van der Waals surface area contributed by atoms with Crippen LogP contribution in [0, 0.1) is 0 Å². The minimum Gasteiger partial charge on any atom is -0.494 e. The molecule has 3 rings (SSSR count). The molecule has 1 aliphatic heterocycles. The Morgan fingerprint density at radius 3 is 2.76 bits per heavy atom. The number of benzene rings is 1. The van der Waals surface area contributed by atoms with Gasteiger partial charge in [0.15, 0.2) is 0 Å². The lowest BCUT2D eigenvalue weighted by molar-refractivity contribution is 0.419. The first-order valence-corrected chi connectivity index (χ1v) is 7.16. The number of nitrogens with one attached hydrogen (secondary N) is 1. The Hall–Kier alpha value is -1.52. The molecule has 0 saturated carbocycles. The highest BCUT2D eigenvalue weighted by Gasteiger charge is 2.18. The van der Waals surface area contributed by atoms with Crippen molar-refractivity contribution in [3.63, 3.8) is 0 Å². The van der Waals surface area contributed by atoms with Crippen LogP contribution in [-0.4, -0.2) is 38.3 Å². The number of rotatable bonds is 3. The van der Waals surface area contributed by atoms with E-state index < -0.39 is 0 Å². The van der Waals surface area contributed by atoms with Crippen molar-refractivity contribution < 1.29 is 4.74 Å². The summed E-state index contributed by atoms with van der Waals surface area (Å²) >= 11 is 0. The molecule has 1 N–H and O–H groups in total. The van der Waals surface area contributed by atoms with Gasteiger partial charge in [-0.1, -0.05) is 12.1 Å². The predicted octanol–water partition coefficient (Wildman–Crippen LogP) is 2.85. The zero-order valence-corrected chi connectivity index (χ0v) is 13.3. The van der Waals surface area contributed by atoms with Crippen molar-refractivity contribution in [3.8, 4) is 5.75 Å². The number of fused-ring (bicyclic) bond motifs is 1. The third-order valence-electron chi connectivity index (χ3n) is 4.14. The molecule has 114 valence electrons. The maximum Gasteiger partial charge on any atom is 0.145 e. The minimum atomic E-state index is 0. The van der Waals surface area contributed by atoms with Crippen LogP contribution in [0.1, 0.15) is 12.8 Å². The largest absolute Gasteiger partial charge is 0.494 e. The van der Waals surface area contributed by atoms with Crippen LogP contribution in [0.3, 0.4) is 0 Å². The van der Waals surface area contributed by atoms with Crippen molar-refractivity contribution in [1.82, 2.24) is 10.3 Å². The first-order valence-electron chi connectivity index (χ1n) is 7.16. The van der Waals surface area contributed by atoms with Gasteiger partial charge in [0.2, 0.25) is 0 Å². The average Bonchev–Trinajstić information content (AvgIpc) is 2.53. The topological polar surface area (TPSA) is 37.4 Å². The lowest BCUT2D eigenvalue weighted by Gasteiger charge is -2.33. The smallest absolute Gasteiger partial charge is 0.145 e. The normalized spacial score (nSPS) is 15.5. The lowest BCUT2D eigenvalue weighted by Crippen LogP contribution is -2.41. The third-order valence-corrected chi connectivity index (χ3v) is 4.14. The molecule has 1 aliphatic rings. The molecule has 0 atom stereocenters. The molecule has 1 saturated heterocycles. The fourth-order valence-corrected chi connectivity index (χ4v) is 2.88. The molecule has 21 heavy (non-hydrogen) atoms. The van der Waals surface area contributed by atoms with Crippen LogP contribution >= 0.6 is 12.4 Å². The lowest BCUT2D eigenvalue weighted by atomic mass is 10.0. The summed E-state index contributed by atoms with van der Waals surface area (Å²) in [5.41, 5.74) is 2.11. The Morgan fingerprint density at radius 2 is 2.05 bits per heavy atom. The van der Waals surface area contributed by atoms with Crippen molar-refractivity contribution >= 4 is 29.0 Å². The van der Waals surface area contributed by atoms with E-state index in [4.69, 9.17) is 4.74 Å². The van der Waals surface area contributed by atoms with E-state index in [1.807, 2.05) is 18.3 Å². The Labute approximate surface area is 131 Å². The van der Waals surface area contributed by atoms with E-state index in [0.29, 0.717) is 6.04 Å². The number of ether oxygens (including phenoxy) is 1. The molecular weight excluding hydrogens is 286 g/mol. The summed E-state index contributed by atoms with van der Waals surface area (Å²) in [5, 5.41) is 4.53. The zero-order valence-electron chi connectivity index (χ0n) is 12.5. The number of hydrogen-bond donors (Lipinski definition) is 1. The molecular formula is C16H22ClN3O. The van der Waals surface area contributed by atoms with Gasteiger partial charge in [-0.05, 0) is 38.1 Å². The van der Waals surface area contributed by atoms with Gasteiger partial charge in [-0.25, -0.2) is 0 Å². The summed E-state index contributed by atoms with van der Waals surface area (Å²) in [6.45, 7) is 2.20. The predicted molar refractivity (Wildman–Crippen MR) is 89.8 cm³/mol.